The SMILES string of the molecule is FC(F)(F)c1cc(Cl)nc(-c2ccc3ccccc3n2)c1. The van der Waals surface area contributed by atoms with Crippen molar-refractivity contribution in [3.05, 3.63) is 59.2 Å². The highest BCUT2D eigenvalue weighted by Gasteiger charge is 2.31. The molecule has 0 bridgehead atoms. The van der Waals surface area contributed by atoms with Gasteiger partial charge in [0.1, 0.15) is 5.15 Å². The van der Waals surface area contributed by atoms with E-state index in [0.717, 1.165) is 17.5 Å². The number of benzene rings is 1. The van der Waals surface area contributed by atoms with Gasteiger partial charge in [0.15, 0.2) is 0 Å². The van der Waals surface area contributed by atoms with Crippen LogP contribution < -0.4 is 0 Å². The van der Waals surface area contributed by atoms with Crippen molar-refractivity contribution in [3.8, 4) is 11.4 Å². The number of aromatic nitrogens is 2. The maximum absolute atomic E-state index is 12.8. The van der Waals surface area contributed by atoms with Crippen molar-refractivity contribution in [2.24, 2.45) is 0 Å². The monoisotopic (exact) mass is 308 g/mol. The number of hydrogen-bond donors (Lipinski definition) is 0. The third-order valence-corrected chi connectivity index (χ3v) is 3.18. The zero-order valence-electron chi connectivity index (χ0n) is 10.5. The fourth-order valence-corrected chi connectivity index (χ4v) is 2.21. The van der Waals surface area contributed by atoms with E-state index in [4.69, 9.17) is 11.6 Å². The summed E-state index contributed by atoms with van der Waals surface area (Å²) < 4.78 is 38.4. The third kappa shape index (κ3) is 2.83. The number of nitrogens with zero attached hydrogens (tertiary/aromatic N) is 2. The Kier molecular flexibility index (Phi) is 3.29. The lowest BCUT2D eigenvalue weighted by Crippen LogP contribution is -2.06. The molecule has 0 atom stereocenters. The quantitative estimate of drug-likeness (QED) is 0.593. The molecule has 0 aliphatic heterocycles. The Morgan fingerprint density at radius 2 is 1.62 bits per heavy atom. The second kappa shape index (κ2) is 5.00. The summed E-state index contributed by atoms with van der Waals surface area (Å²) in [6.45, 7) is 0. The van der Waals surface area contributed by atoms with Gasteiger partial charge in [0.2, 0.25) is 0 Å². The van der Waals surface area contributed by atoms with Gasteiger partial charge >= 0.3 is 6.18 Å². The summed E-state index contributed by atoms with van der Waals surface area (Å²) in [5.74, 6) is 0. The molecular formula is C15H8ClF3N2. The molecule has 106 valence electrons. The number of para-hydroxylation sites is 1. The van der Waals surface area contributed by atoms with Crippen LogP contribution in [0.1, 0.15) is 5.56 Å². The van der Waals surface area contributed by atoms with Crippen molar-refractivity contribution in [1.82, 2.24) is 9.97 Å². The van der Waals surface area contributed by atoms with Gasteiger partial charge in [-0.15, -0.1) is 0 Å². The summed E-state index contributed by atoms with van der Waals surface area (Å²) in [6, 6.07) is 12.5. The van der Waals surface area contributed by atoms with Gasteiger partial charge in [0.25, 0.3) is 0 Å². The molecule has 1 aromatic carbocycles. The fraction of sp³-hybridized carbons (Fsp3) is 0.0667. The largest absolute Gasteiger partial charge is 0.416 e. The third-order valence-electron chi connectivity index (χ3n) is 2.98. The molecule has 21 heavy (non-hydrogen) atoms. The van der Waals surface area contributed by atoms with Crippen LogP contribution in [0.3, 0.4) is 0 Å². The standard InChI is InChI=1S/C15H8ClF3N2/c16-14-8-10(15(17,18)19)7-13(21-14)12-6-5-9-3-1-2-4-11(9)20-12/h1-8H. The molecule has 0 saturated heterocycles. The van der Waals surface area contributed by atoms with Gasteiger partial charge < -0.3 is 0 Å². The van der Waals surface area contributed by atoms with Crippen LogP contribution in [0, 0.1) is 0 Å². The average molecular weight is 309 g/mol. The lowest BCUT2D eigenvalue weighted by Gasteiger charge is -2.09. The zero-order chi connectivity index (χ0) is 15.0. The fourth-order valence-electron chi connectivity index (χ4n) is 2.00. The highest BCUT2D eigenvalue weighted by Crippen LogP contribution is 2.33. The molecule has 0 spiro atoms. The molecule has 0 N–H and O–H groups in total. The van der Waals surface area contributed by atoms with Crippen molar-refractivity contribution in [2.45, 2.75) is 6.18 Å². The lowest BCUT2D eigenvalue weighted by molar-refractivity contribution is -0.137. The molecule has 6 heteroatoms. The van der Waals surface area contributed by atoms with Crippen LogP contribution in [0.15, 0.2) is 48.5 Å². The minimum Gasteiger partial charge on any atom is -0.246 e. The van der Waals surface area contributed by atoms with Crippen LogP contribution in [0.5, 0.6) is 0 Å². The van der Waals surface area contributed by atoms with Gasteiger partial charge in [-0.05, 0) is 24.3 Å². The van der Waals surface area contributed by atoms with E-state index >= 15 is 0 Å². The van der Waals surface area contributed by atoms with Gasteiger partial charge in [-0.25, -0.2) is 9.97 Å². The molecule has 0 saturated carbocycles. The predicted molar refractivity (Wildman–Crippen MR) is 75.0 cm³/mol. The molecule has 0 unspecified atom stereocenters. The Balaban J connectivity index is 2.16. The number of fused-ring (bicyclic) bond motifs is 1. The first-order valence-corrected chi connectivity index (χ1v) is 6.42. The molecule has 0 amide bonds. The van der Waals surface area contributed by atoms with Crippen LogP contribution >= 0.6 is 11.6 Å². The summed E-state index contributed by atoms with van der Waals surface area (Å²) in [4.78, 5) is 8.25. The van der Waals surface area contributed by atoms with E-state index in [2.05, 4.69) is 9.97 Å². The smallest absolute Gasteiger partial charge is 0.246 e. The van der Waals surface area contributed by atoms with E-state index in [0.29, 0.717) is 11.2 Å². The first kappa shape index (κ1) is 13.8. The number of pyridine rings is 2. The second-order valence-corrected chi connectivity index (χ2v) is 4.84. The molecule has 3 aromatic rings. The van der Waals surface area contributed by atoms with Gasteiger partial charge in [-0.3, -0.25) is 0 Å². The van der Waals surface area contributed by atoms with E-state index in [1.54, 1.807) is 18.2 Å². The number of halogens is 4. The van der Waals surface area contributed by atoms with Gasteiger partial charge in [0, 0.05) is 5.39 Å². The molecule has 3 rings (SSSR count). The van der Waals surface area contributed by atoms with E-state index < -0.39 is 11.7 Å². The minimum absolute atomic E-state index is 0.0978. The Labute approximate surface area is 123 Å². The van der Waals surface area contributed by atoms with Crippen molar-refractivity contribution in [3.63, 3.8) is 0 Å². The normalized spacial score (nSPS) is 11.8. The molecular weight excluding hydrogens is 301 g/mol. The molecule has 0 aliphatic rings. The number of rotatable bonds is 1. The van der Waals surface area contributed by atoms with Crippen molar-refractivity contribution >= 4 is 22.5 Å². The summed E-state index contributed by atoms with van der Waals surface area (Å²) >= 11 is 5.69. The molecule has 0 radical (unpaired) electrons. The molecule has 2 nitrogen and oxygen atoms in total. The minimum atomic E-state index is -4.47. The number of alkyl halides is 3. The van der Waals surface area contributed by atoms with Crippen molar-refractivity contribution in [2.75, 3.05) is 0 Å². The number of hydrogen-bond acceptors (Lipinski definition) is 2. The predicted octanol–water partition coefficient (Wildman–Crippen LogP) is 4.97. The van der Waals surface area contributed by atoms with Crippen molar-refractivity contribution < 1.29 is 13.2 Å². The lowest BCUT2D eigenvalue weighted by atomic mass is 10.1. The summed E-state index contributed by atoms with van der Waals surface area (Å²) in [5.41, 5.74) is 0.292. The average Bonchev–Trinajstić information content (AvgIpc) is 2.45. The van der Waals surface area contributed by atoms with Crippen LogP contribution in [0.25, 0.3) is 22.3 Å². The molecule has 2 aromatic heterocycles. The zero-order valence-corrected chi connectivity index (χ0v) is 11.3. The van der Waals surface area contributed by atoms with Gasteiger partial charge in [-0.2, -0.15) is 13.2 Å². The summed E-state index contributed by atoms with van der Waals surface area (Å²) in [5, 5.41) is 0.689. The topological polar surface area (TPSA) is 25.8 Å². The first-order valence-electron chi connectivity index (χ1n) is 6.04. The van der Waals surface area contributed by atoms with E-state index in [-0.39, 0.29) is 10.8 Å². The maximum Gasteiger partial charge on any atom is 0.416 e. The Morgan fingerprint density at radius 3 is 2.38 bits per heavy atom. The highest BCUT2D eigenvalue weighted by atomic mass is 35.5. The highest BCUT2D eigenvalue weighted by molar-refractivity contribution is 6.29. The van der Waals surface area contributed by atoms with Crippen LogP contribution in [0.4, 0.5) is 13.2 Å². The Morgan fingerprint density at radius 1 is 0.857 bits per heavy atom. The summed E-state index contributed by atoms with van der Waals surface area (Å²) in [6.07, 6.45) is -4.47. The molecule has 0 fully saturated rings. The Hall–Kier alpha value is -2.14. The molecule has 0 aliphatic carbocycles. The summed E-state index contributed by atoms with van der Waals surface area (Å²) in [7, 11) is 0. The maximum atomic E-state index is 12.8. The van der Waals surface area contributed by atoms with E-state index in [1.807, 2.05) is 18.2 Å². The van der Waals surface area contributed by atoms with Crippen LogP contribution in [-0.4, -0.2) is 9.97 Å². The van der Waals surface area contributed by atoms with Crippen LogP contribution in [-0.2, 0) is 6.18 Å². The van der Waals surface area contributed by atoms with Crippen LogP contribution in [0.2, 0.25) is 5.15 Å². The Bertz CT molecular complexity index is 815. The van der Waals surface area contributed by atoms with E-state index in [1.165, 1.54) is 0 Å². The second-order valence-electron chi connectivity index (χ2n) is 4.45. The van der Waals surface area contributed by atoms with Gasteiger partial charge in [-0.1, -0.05) is 35.9 Å². The van der Waals surface area contributed by atoms with E-state index in [9.17, 15) is 13.2 Å². The van der Waals surface area contributed by atoms with Crippen molar-refractivity contribution in [1.29, 1.82) is 0 Å². The van der Waals surface area contributed by atoms with Gasteiger partial charge in [0.05, 0.1) is 22.5 Å². The first-order chi connectivity index (χ1) is 9.93. The molecule has 2 heterocycles.